The van der Waals surface area contributed by atoms with Gasteiger partial charge in [0.25, 0.3) is 10.0 Å². The van der Waals surface area contributed by atoms with Crippen molar-refractivity contribution in [1.82, 2.24) is 19.5 Å². The maximum absolute atomic E-state index is 12.9. The monoisotopic (exact) mass is 344 g/mol. The molecule has 1 unspecified atom stereocenters. The maximum Gasteiger partial charge on any atom is 0.340 e. The molecule has 0 radical (unpaired) electrons. The van der Waals surface area contributed by atoms with Crippen molar-refractivity contribution in [3.8, 4) is 5.75 Å². The summed E-state index contributed by atoms with van der Waals surface area (Å²) < 4.78 is 32.6. The van der Waals surface area contributed by atoms with Crippen LogP contribution in [0.5, 0.6) is 5.75 Å². The SMILES string of the molecule is COc1ccsc1S(=O)(=O)N1CCCCC1c1n[nH]c(=O)[nH]1. The number of sulfonamides is 1. The van der Waals surface area contributed by atoms with E-state index in [0.29, 0.717) is 24.5 Å². The van der Waals surface area contributed by atoms with E-state index in [9.17, 15) is 13.2 Å². The summed E-state index contributed by atoms with van der Waals surface area (Å²) in [6, 6.07) is 1.16. The van der Waals surface area contributed by atoms with E-state index in [1.54, 1.807) is 11.4 Å². The molecule has 1 aliphatic rings. The molecule has 0 spiro atoms. The van der Waals surface area contributed by atoms with Gasteiger partial charge in [0.05, 0.1) is 13.2 Å². The van der Waals surface area contributed by atoms with Gasteiger partial charge >= 0.3 is 5.69 Å². The number of ether oxygens (including phenoxy) is 1. The molecule has 0 amide bonds. The van der Waals surface area contributed by atoms with E-state index in [0.717, 1.165) is 24.2 Å². The van der Waals surface area contributed by atoms with E-state index in [1.807, 2.05) is 0 Å². The highest BCUT2D eigenvalue weighted by molar-refractivity contribution is 7.91. The standard InChI is InChI=1S/C12H16N4O4S2/c1-20-9-5-7-21-11(9)22(18,19)16-6-3-2-4-8(16)10-13-12(17)15-14-10/h5,7-8H,2-4,6H2,1H3,(H2,13,14,15,17). The Hall–Kier alpha value is -1.65. The van der Waals surface area contributed by atoms with Crippen LogP contribution < -0.4 is 10.4 Å². The molecule has 22 heavy (non-hydrogen) atoms. The molecular formula is C12H16N4O4S2. The van der Waals surface area contributed by atoms with Crippen LogP contribution in [0.3, 0.4) is 0 Å². The average molecular weight is 344 g/mol. The number of aromatic amines is 2. The highest BCUT2D eigenvalue weighted by Gasteiger charge is 2.38. The van der Waals surface area contributed by atoms with Gasteiger partial charge in [0.1, 0.15) is 11.6 Å². The second-order valence-corrected chi connectivity index (χ2v) is 7.97. The summed E-state index contributed by atoms with van der Waals surface area (Å²) in [4.78, 5) is 13.8. The molecule has 8 nitrogen and oxygen atoms in total. The van der Waals surface area contributed by atoms with Crippen LogP contribution in [0.2, 0.25) is 0 Å². The van der Waals surface area contributed by atoms with Gasteiger partial charge in [0, 0.05) is 6.54 Å². The van der Waals surface area contributed by atoms with Gasteiger partial charge in [-0.1, -0.05) is 6.42 Å². The van der Waals surface area contributed by atoms with Crippen molar-refractivity contribution in [2.75, 3.05) is 13.7 Å². The molecule has 0 bridgehead atoms. The van der Waals surface area contributed by atoms with Crippen LogP contribution in [0.15, 0.2) is 20.5 Å². The van der Waals surface area contributed by atoms with Gasteiger partial charge in [0.2, 0.25) is 0 Å². The Bertz CT molecular complexity index is 807. The van der Waals surface area contributed by atoms with E-state index >= 15 is 0 Å². The normalized spacial score (nSPS) is 20.1. The van der Waals surface area contributed by atoms with Crippen LogP contribution in [0.25, 0.3) is 0 Å². The molecule has 1 saturated heterocycles. The third-order valence-electron chi connectivity index (χ3n) is 3.65. The van der Waals surface area contributed by atoms with Crippen LogP contribution in [-0.2, 0) is 10.0 Å². The van der Waals surface area contributed by atoms with Crippen molar-refractivity contribution < 1.29 is 13.2 Å². The minimum absolute atomic E-state index is 0.180. The first-order chi connectivity index (χ1) is 10.5. The van der Waals surface area contributed by atoms with Crippen molar-refractivity contribution in [2.24, 2.45) is 0 Å². The van der Waals surface area contributed by atoms with E-state index < -0.39 is 21.8 Å². The fourth-order valence-electron chi connectivity index (χ4n) is 2.64. The zero-order chi connectivity index (χ0) is 15.7. The van der Waals surface area contributed by atoms with Gasteiger partial charge in [-0.05, 0) is 24.3 Å². The number of aromatic nitrogens is 3. The molecule has 3 heterocycles. The Kier molecular flexibility index (Phi) is 4.06. The van der Waals surface area contributed by atoms with Crippen LogP contribution in [-0.4, -0.2) is 41.6 Å². The van der Waals surface area contributed by atoms with Crippen LogP contribution in [0, 0.1) is 0 Å². The van der Waals surface area contributed by atoms with E-state index in [1.165, 1.54) is 11.4 Å². The van der Waals surface area contributed by atoms with Crippen LogP contribution >= 0.6 is 11.3 Å². The lowest BCUT2D eigenvalue weighted by molar-refractivity contribution is 0.246. The summed E-state index contributed by atoms with van der Waals surface area (Å²) in [6.45, 7) is 0.392. The Morgan fingerprint density at radius 2 is 2.27 bits per heavy atom. The summed E-state index contributed by atoms with van der Waals surface area (Å²) >= 11 is 1.12. The van der Waals surface area contributed by atoms with Crippen LogP contribution in [0.1, 0.15) is 31.1 Å². The molecule has 2 aromatic rings. The summed E-state index contributed by atoms with van der Waals surface area (Å²) in [5.41, 5.74) is -0.438. The molecule has 1 atom stereocenters. The lowest BCUT2D eigenvalue weighted by Gasteiger charge is -2.32. The van der Waals surface area contributed by atoms with Crippen molar-refractivity contribution in [3.63, 3.8) is 0 Å². The topological polar surface area (TPSA) is 108 Å². The molecule has 3 rings (SSSR count). The van der Waals surface area contributed by atoms with Crippen molar-refractivity contribution >= 4 is 21.4 Å². The second kappa shape index (κ2) is 5.86. The first-order valence-corrected chi connectivity index (χ1v) is 9.14. The largest absolute Gasteiger partial charge is 0.494 e. The summed E-state index contributed by atoms with van der Waals surface area (Å²) in [7, 11) is -2.25. The minimum Gasteiger partial charge on any atom is -0.494 e. The molecule has 0 aromatic carbocycles. The molecule has 10 heteroatoms. The van der Waals surface area contributed by atoms with Crippen LogP contribution in [0.4, 0.5) is 0 Å². The maximum atomic E-state index is 12.9. The lowest BCUT2D eigenvalue weighted by atomic mass is 10.0. The number of hydrogen-bond acceptors (Lipinski definition) is 6. The predicted octanol–water partition coefficient (Wildman–Crippen LogP) is 1.08. The summed E-state index contributed by atoms with van der Waals surface area (Å²) in [5, 5.41) is 7.87. The Morgan fingerprint density at radius 1 is 1.45 bits per heavy atom. The Morgan fingerprint density at radius 3 is 2.95 bits per heavy atom. The molecule has 1 aliphatic heterocycles. The average Bonchev–Trinajstić information content (AvgIpc) is 3.16. The van der Waals surface area contributed by atoms with Crippen molar-refractivity contribution in [1.29, 1.82) is 0 Å². The smallest absolute Gasteiger partial charge is 0.340 e. The first kappa shape index (κ1) is 15.3. The Labute approximate surface area is 131 Å². The summed E-state index contributed by atoms with van der Waals surface area (Å²) in [5.74, 6) is 0.689. The van der Waals surface area contributed by atoms with Gasteiger partial charge in [-0.3, -0.25) is 4.98 Å². The number of methoxy groups -OCH3 is 1. The van der Waals surface area contributed by atoms with Gasteiger partial charge in [-0.25, -0.2) is 18.3 Å². The highest BCUT2D eigenvalue weighted by atomic mass is 32.2. The number of piperidine rings is 1. The molecule has 2 N–H and O–H groups in total. The third kappa shape index (κ3) is 2.57. The van der Waals surface area contributed by atoms with Gasteiger partial charge in [-0.15, -0.1) is 11.3 Å². The van der Waals surface area contributed by atoms with Gasteiger partial charge in [-0.2, -0.15) is 9.40 Å². The van der Waals surface area contributed by atoms with Crippen molar-refractivity contribution in [2.45, 2.75) is 29.5 Å². The minimum atomic E-state index is -3.70. The predicted molar refractivity (Wildman–Crippen MR) is 80.6 cm³/mol. The first-order valence-electron chi connectivity index (χ1n) is 6.82. The number of thiophene rings is 1. The van der Waals surface area contributed by atoms with Crippen molar-refractivity contribution in [3.05, 3.63) is 27.8 Å². The lowest BCUT2D eigenvalue weighted by Crippen LogP contribution is -2.38. The molecule has 0 aliphatic carbocycles. The number of hydrogen-bond donors (Lipinski definition) is 2. The Balaban J connectivity index is 2.01. The molecular weight excluding hydrogens is 328 g/mol. The fraction of sp³-hybridized carbons (Fsp3) is 0.500. The quantitative estimate of drug-likeness (QED) is 0.863. The molecule has 2 aromatic heterocycles. The zero-order valence-electron chi connectivity index (χ0n) is 11.9. The van der Waals surface area contributed by atoms with Gasteiger partial charge in [0.15, 0.2) is 4.21 Å². The van der Waals surface area contributed by atoms with Gasteiger partial charge < -0.3 is 4.74 Å². The third-order valence-corrected chi connectivity index (χ3v) is 6.98. The van der Waals surface area contributed by atoms with E-state index in [2.05, 4.69) is 15.2 Å². The number of nitrogens with zero attached hydrogens (tertiary/aromatic N) is 2. The molecule has 120 valence electrons. The fourth-order valence-corrected chi connectivity index (χ4v) is 5.69. The second-order valence-electron chi connectivity index (χ2n) is 4.97. The number of H-pyrrole nitrogens is 2. The molecule has 1 fully saturated rings. The van der Waals surface area contributed by atoms with E-state index in [-0.39, 0.29) is 4.21 Å². The highest BCUT2D eigenvalue weighted by Crippen LogP contribution is 2.38. The number of rotatable bonds is 4. The summed E-state index contributed by atoms with van der Waals surface area (Å²) in [6.07, 6.45) is 2.28. The molecule has 0 saturated carbocycles. The zero-order valence-corrected chi connectivity index (χ0v) is 13.5. The van der Waals surface area contributed by atoms with E-state index in [4.69, 9.17) is 4.74 Å². The number of nitrogens with one attached hydrogen (secondary N) is 2.